The van der Waals surface area contributed by atoms with Crippen molar-refractivity contribution in [2.45, 2.75) is 25.4 Å². The van der Waals surface area contributed by atoms with Gasteiger partial charge in [0, 0.05) is 18.5 Å². The first kappa shape index (κ1) is 16.7. The second-order valence-electron chi connectivity index (χ2n) is 6.73. The second-order valence-corrected chi connectivity index (χ2v) is 6.73. The summed E-state index contributed by atoms with van der Waals surface area (Å²) in [6, 6.07) is 11.2. The summed E-state index contributed by atoms with van der Waals surface area (Å²) in [4.78, 5) is 18.6. The molecule has 142 valence electrons. The van der Waals surface area contributed by atoms with Crippen molar-refractivity contribution in [2.24, 2.45) is 0 Å². The number of halogens is 1. The number of benzene rings is 2. The van der Waals surface area contributed by atoms with E-state index in [1.807, 2.05) is 6.07 Å². The molecule has 0 saturated carbocycles. The lowest BCUT2D eigenvalue weighted by atomic mass is 10.1. The summed E-state index contributed by atoms with van der Waals surface area (Å²) in [5.74, 6) is 1.84. The predicted molar refractivity (Wildman–Crippen MR) is 94.8 cm³/mol. The van der Waals surface area contributed by atoms with Crippen molar-refractivity contribution in [1.82, 2.24) is 15.0 Å². The third kappa shape index (κ3) is 2.96. The molecule has 0 spiro atoms. The van der Waals surface area contributed by atoms with Gasteiger partial charge in [-0.05, 0) is 42.3 Å². The number of hydrogen-bond donors (Lipinski definition) is 0. The molecule has 0 aliphatic carbocycles. The number of likely N-dealkylation sites (tertiary alicyclic amines) is 1. The van der Waals surface area contributed by atoms with Crippen LogP contribution in [0.1, 0.15) is 30.3 Å². The first-order valence-corrected chi connectivity index (χ1v) is 8.95. The lowest BCUT2D eigenvalue weighted by Crippen LogP contribution is -2.27. The third-order valence-corrected chi connectivity index (χ3v) is 4.95. The molecule has 1 atom stereocenters. The van der Waals surface area contributed by atoms with E-state index in [4.69, 9.17) is 14.0 Å². The Hall–Kier alpha value is -3.42. The summed E-state index contributed by atoms with van der Waals surface area (Å²) in [6.45, 7) is 0.560. The minimum Gasteiger partial charge on any atom is -0.454 e. The first-order valence-electron chi connectivity index (χ1n) is 8.95. The van der Waals surface area contributed by atoms with Crippen molar-refractivity contribution >= 4 is 5.91 Å². The van der Waals surface area contributed by atoms with Crippen LogP contribution in [0.5, 0.6) is 11.5 Å². The zero-order chi connectivity index (χ0) is 19.1. The Bertz CT molecular complexity index is 1030. The van der Waals surface area contributed by atoms with Crippen molar-refractivity contribution in [2.75, 3.05) is 6.79 Å². The van der Waals surface area contributed by atoms with Gasteiger partial charge >= 0.3 is 0 Å². The molecule has 1 saturated heterocycles. The van der Waals surface area contributed by atoms with Crippen molar-refractivity contribution in [1.29, 1.82) is 0 Å². The first-order chi connectivity index (χ1) is 13.7. The topological polar surface area (TPSA) is 77.7 Å². The normalized spacial score (nSPS) is 18.1. The molecule has 5 rings (SSSR count). The number of carbonyl (C=O) groups is 1. The summed E-state index contributed by atoms with van der Waals surface area (Å²) in [6.07, 6.45) is 1.01. The Morgan fingerprint density at radius 2 is 1.93 bits per heavy atom. The summed E-state index contributed by atoms with van der Waals surface area (Å²) in [5.41, 5.74) is 1.59. The van der Waals surface area contributed by atoms with Crippen LogP contribution in [-0.2, 0) is 11.3 Å². The average molecular weight is 381 g/mol. The van der Waals surface area contributed by atoms with Gasteiger partial charge in [0.2, 0.25) is 24.4 Å². The molecule has 8 heteroatoms. The molecule has 2 aliphatic rings. The molecule has 1 aromatic heterocycles. The Morgan fingerprint density at radius 1 is 1.11 bits per heavy atom. The molecule has 2 aromatic carbocycles. The van der Waals surface area contributed by atoms with E-state index < -0.39 is 0 Å². The fraction of sp³-hybridized carbons (Fsp3) is 0.250. The molecular formula is C20H16FN3O4. The van der Waals surface area contributed by atoms with Crippen molar-refractivity contribution in [3.05, 3.63) is 59.7 Å². The highest BCUT2D eigenvalue weighted by atomic mass is 19.1. The highest BCUT2D eigenvalue weighted by Gasteiger charge is 2.36. The summed E-state index contributed by atoms with van der Waals surface area (Å²) >= 11 is 0. The molecule has 1 amide bonds. The van der Waals surface area contributed by atoms with Gasteiger partial charge in [-0.15, -0.1) is 0 Å². The van der Waals surface area contributed by atoms with Crippen molar-refractivity contribution < 1.29 is 23.2 Å². The summed E-state index contributed by atoms with van der Waals surface area (Å²) in [7, 11) is 0. The van der Waals surface area contributed by atoms with Crippen LogP contribution in [0.25, 0.3) is 11.4 Å². The Morgan fingerprint density at radius 3 is 2.79 bits per heavy atom. The molecular weight excluding hydrogens is 365 g/mol. The largest absolute Gasteiger partial charge is 0.454 e. The van der Waals surface area contributed by atoms with E-state index in [9.17, 15) is 9.18 Å². The zero-order valence-electron chi connectivity index (χ0n) is 14.8. The van der Waals surface area contributed by atoms with Crippen molar-refractivity contribution in [3.63, 3.8) is 0 Å². The highest BCUT2D eigenvalue weighted by molar-refractivity contribution is 5.78. The van der Waals surface area contributed by atoms with Crippen LogP contribution in [0, 0.1) is 5.82 Å². The van der Waals surface area contributed by atoms with Crippen LogP contribution in [0.4, 0.5) is 4.39 Å². The molecule has 7 nitrogen and oxygen atoms in total. The molecule has 1 fully saturated rings. The molecule has 0 radical (unpaired) electrons. The smallest absolute Gasteiger partial charge is 0.249 e. The lowest BCUT2D eigenvalue weighted by molar-refractivity contribution is -0.129. The van der Waals surface area contributed by atoms with Crippen molar-refractivity contribution in [3.8, 4) is 22.9 Å². The molecule has 0 N–H and O–H groups in total. The third-order valence-electron chi connectivity index (χ3n) is 4.95. The monoisotopic (exact) mass is 381 g/mol. The lowest BCUT2D eigenvalue weighted by Gasteiger charge is -2.22. The van der Waals surface area contributed by atoms with Crippen LogP contribution in [0.15, 0.2) is 47.0 Å². The second kappa shape index (κ2) is 6.63. The average Bonchev–Trinajstić information content (AvgIpc) is 3.43. The van der Waals surface area contributed by atoms with Crippen LogP contribution >= 0.6 is 0 Å². The van der Waals surface area contributed by atoms with Gasteiger partial charge in [0.15, 0.2) is 11.5 Å². The fourth-order valence-corrected chi connectivity index (χ4v) is 3.50. The van der Waals surface area contributed by atoms with Crippen LogP contribution < -0.4 is 9.47 Å². The van der Waals surface area contributed by atoms with Crippen LogP contribution in [-0.4, -0.2) is 27.7 Å². The zero-order valence-corrected chi connectivity index (χ0v) is 14.8. The number of fused-ring (bicyclic) bond motifs is 1. The van der Waals surface area contributed by atoms with E-state index in [1.165, 1.54) is 12.1 Å². The number of ether oxygens (including phenoxy) is 2. The van der Waals surface area contributed by atoms with Gasteiger partial charge in [-0.1, -0.05) is 17.3 Å². The maximum atomic E-state index is 13.1. The molecule has 0 bridgehead atoms. The maximum absolute atomic E-state index is 13.1. The predicted octanol–water partition coefficient (Wildman–Crippen LogP) is 3.47. The van der Waals surface area contributed by atoms with E-state index >= 15 is 0 Å². The Balaban J connectivity index is 1.39. The van der Waals surface area contributed by atoms with Crippen LogP contribution in [0.2, 0.25) is 0 Å². The van der Waals surface area contributed by atoms with E-state index in [2.05, 4.69) is 10.1 Å². The maximum Gasteiger partial charge on any atom is 0.249 e. The van der Waals surface area contributed by atoms with E-state index in [-0.39, 0.29) is 24.6 Å². The standard InChI is InChI=1S/C20H16FN3O4/c21-14-4-1-12(2-5-14)10-24-15(6-8-18(24)25)20-22-19(23-28-20)13-3-7-16-17(9-13)27-11-26-16/h1-5,7,9,15H,6,8,10-11H2. The van der Waals surface area contributed by atoms with E-state index in [0.29, 0.717) is 42.6 Å². The van der Waals surface area contributed by atoms with Gasteiger partial charge in [-0.2, -0.15) is 4.98 Å². The van der Waals surface area contributed by atoms with Gasteiger partial charge in [-0.25, -0.2) is 4.39 Å². The van der Waals surface area contributed by atoms with Crippen LogP contribution in [0.3, 0.4) is 0 Å². The van der Waals surface area contributed by atoms with Gasteiger partial charge in [0.1, 0.15) is 11.9 Å². The van der Waals surface area contributed by atoms with Gasteiger partial charge in [0.25, 0.3) is 0 Å². The van der Waals surface area contributed by atoms with E-state index in [0.717, 1.165) is 11.1 Å². The Kier molecular flexibility index (Phi) is 3.96. The van der Waals surface area contributed by atoms with E-state index in [1.54, 1.807) is 29.2 Å². The SMILES string of the molecule is O=C1CCC(c2nc(-c3ccc4c(c3)OCO4)no2)N1Cc1ccc(F)cc1. The van der Waals surface area contributed by atoms with Gasteiger partial charge < -0.3 is 18.9 Å². The van der Waals surface area contributed by atoms with Gasteiger partial charge in [0.05, 0.1) is 0 Å². The summed E-state index contributed by atoms with van der Waals surface area (Å²) in [5, 5.41) is 4.06. The highest BCUT2D eigenvalue weighted by Crippen LogP contribution is 2.37. The molecule has 3 aromatic rings. The number of amides is 1. The minimum absolute atomic E-state index is 0.0113. The number of nitrogens with zero attached hydrogens (tertiary/aromatic N) is 3. The number of hydrogen-bond acceptors (Lipinski definition) is 6. The minimum atomic E-state index is -0.307. The molecule has 2 aliphatic heterocycles. The van der Waals surface area contributed by atoms with Gasteiger partial charge in [-0.3, -0.25) is 4.79 Å². The quantitative estimate of drug-likeness (QED) is 0.689. The molecule has 1 unspecified atom stereocenters. The fourth-order valence-electron chi connectivity index (χ4n) is 3.50. The number of aromatic nitrogens is 2. The molecule has 28 heavy (non-hydrogen) atoms. The summed E-state index contributed by atoms with van der Waals surface area (Å²) < 4.78 is 29.3. The number of rotatable bonds is 4. The molecule has 3 heterocycles. The Labute approximate surface area is 159 Å². The number of carbonyl (C=O) groups excluding carboxylic acids is 1.